The number of carbonyl (C=O) groups is 5. The van der Waals surface area contributed by atoms with E-state index in [9.17, 15) is 44.4 Å². The summed E-state index contributed by atoms with van der Waals surface area (Å²) in [7, 11) is 2.13. The summed E-state index contributed by atoms with van der Waals surface area (Å²) < 4.78 is 5.92. The largest absolute Gasteiger partial charge is 0.479 e. The fourth-order valence-corrected chi connectivity index (χ4v) is 5.13. The van der Waals surface area contributed by atoms with Gasteiger partial charge in [-0.05, 0) is 40.2 Å². The van der Waals surface area contributed by atoms with E-state index >= 15 is 0 Å². The number of aliphatic carboxylic acids is 2. The Labute approximate surface area is 243 Å². The lowest BCUT2D eigenvalue weighted by atomic mass is 9.73. The number of hydrogen-bond donors (Lipinski definition) is 4. The van der Waals surface area contributed by atoms with E-state index in [-0.39, 0.29) is 22.8 Å². The number of ketones is 3. The maximum Gasteiger partial charge on any atom is 0.348 e. The molecule has 2 aromatic carbocycles. The first-order chi connectivity index (χ1) is 19.6. The molecule has 1 unspecified atom stereocenters. The van der Waals surface area contributed by atoms with Crippen LogP contribution in [0, 0.1) is 13.8 Å². The Bertz CT molecular complexity index is 1270. The number of carbonyl (C=O) groups excluding carboxylic acids is 3. The summed E-state index contributed by atoms with van der Waals surface area (Å²) in [6.45, 7) is 7.52. The van der Waals surface area contributed by atoms with Crippen molar-refractivity contribution in [3.8, 4) is 0 Å². The molecule has 1 spiro atoms. The third-order valence-electron chi connectivity index (χ3n) is 7.94. The van der Waals surface area contributed by atoms with Crippen LogP contribution < -0.4 is 0 Å². The Morgan fingerprint density at radius 3 is 1.52 bits per heavy atom. The zero-order valence-corrected chi connectivity index (χ0v) is 24.1. The van der Waals surface area contributed by atoms with E-state index in [1.807, 2.05) is 6.92 Å². The third kappa shape index (κ3) is 6.19. The Kier molecular flexibility index (Phi) is 9.84. The summed E-state index contributed by atoms with van der Waals surface area (Å²) in [6.07, 6.45) is 3.41. The molecule has 0 bridgehead atoms. The molecule has 2 aliphatic rings. The summed E-state index contributed by atoms with van der Waals surface area (Å²) in [5.74, 6) is -7.69. The molecule has 0 radical (unpaired) electrons. The van der Waals surface area contributed by atoms with Crippen molar-refractivity contribution < 1.29 is 49.1 Å². The quantitative estimate of drug-likeness (QED) is 0.264. The van der Waals surface area contributed by atoms with Crippen LogP contribution >= 0.6 is 0 Å². The van der Waals surface area contributed by atoms with Crippen LogP contribution in [0.1, 0.15) is 64.4 Å². The van der Waals surface area contributed by atoms with Crippen molar-refractivity contribution >= 4 is 29.3 Å². The average Bonchev–Trinajstić information content (AvgIpc) is 3.28. The van der Waals surface area contributed by atoms with Gasteiger partial charge in [0.05, 0.1) is 5.60 Å². The number of rotatable bonds is 8. The van der Waals surface area contributed by atoms with E-state index in [4.69, 9.17) is 4.74 Å². The van der Waals surface area contributed by atoms with Gasteiger partial charge in [0.15, 0.2) is 5.78 Å². The Balaban J connectivity index is 0.000000287. The average molecular weight is 584 g/mol. The molecule has 2 aromatic rings. The molecular formula is C31H37NO10. The fourth-order valence-electron chi connectivity index (χ4n) is 5.13. The van der Waals surface area contributed by atoms with Gasteiger partial charge in [-0.3, -0.25) is 14.4 Å². The molecule has 2 aliphatic heterocycles. The number of hydrogen-bond acceptors (Lipinski definition) is 9. The molecule has 42 heavy (non-hydrogen) atoms. The van der Waals surface area contributed by atoms with Gasteiger partial charge < -0.3 is 30.1 Å². The summed E-state index contributed by atoms with van der Waals surface area (Å²) in [4.78, 5) is 63.0. The van der Waals surface area contributed by atoms with Gasteiger partial charge in [-0.15, -0.1) is 0 Å². The number of nitrogens with zero attached hydrogens (tertiary/aromatic N) is 1. The molecule has 2 heterocycles. The van der Waals surface area contributed by atoms with Crippen LogP contribution in [0.4, 0.5) is 0 Å². The second-order valence-corrected chi connectivity index (χ2v) is 11.1. The number of aryl methyl sites for hydroxylation is 2. The Morgan fingerprint density at radius 1 is 0.833 bits per heavy atom. The molecule has 4 rings (SSSR count). The fraction of sp³-hybridized carbons (Fsp3) is 0.452. The van der Waals surface area contributed by atoms with Gasteiger partial charge in [-0.1, -0.05) is 66.6 Å². The van der Waals surface area contributed by atoms with Gasteiger partial charge in [0, 0.05) is 30.6 Å². The Hall–Kier alpha value is -3.77. The molecular weight excluding hydrogens is 546 g/mol. The predicted octanol–water partition coefficient (Wildman–Crippen LogP) is 2.22. The van der Waals surface area contributed by atoms with Gasteiger partial charge in [0.25, 0.3) is 11.2 Å². The topological polar surface area (TPSA) is 179 Å². The van der Waals surface area contributed by atoms with Crippen molar-refractivity contribution in [3.63, 3.8) is 0 Å². The van der Waals surface area contributed by atoms with Crippen LogP contribution in [0.5, 0.6) is 0 Å². The minimum Gasteiger partial charge on any atom is -0.479 e. The number of carboxylic acids is 2. The van der Waals surface area contributed by atoms with Crippen LogP contribution in [0.2, 0.25) is 0 Å². The van der Waals surface area contributed by atoms with Crippen molar-refractivity contribution in [1.82, 2.24) is 4.90 Å². The lowest BCUT2D eigenvalue weighted by molar-refractivity contribution is -0.187. The highest BCUT2D eigenvalue weighted by Gasteiger charge is 2.69. The number of carboxylic acid groups (broad SMARTS) is 2. The zero-order valence-electron chi connectivity index (χ0n) is 24.1. The molecule has 3 atom stereocenters. The SMILES string of the molecule is CCC1OC2(CCN(C)CC2)CC1=O.Cc1ccc(C(=O)[C@@](O)(C(=O)O)[C@](O)(C(=O)O)C(=O)c2ccc(C)cc2)cc1. The zero-order chi connectivity index (χ0) is 31.5. The summed E-state index contributed by atoms with van der Waals surface area (Å²) in [5, 5.41) is 40.3. The number of ether oxygens (including phenoxy) is 1. The van der Waals surface area contributed by atoms with Gasteiger partial charge in [0.1, 0.15) is 6.10 Å². The van der Waals surface area contributed by atoms with Crippen molar-refractivity contribution in [1.29, 1.82) is 0 Å². The van der Waals surface area contributed by atoms with Gasteiger partial charge in [-0.25, -0.2) is 9.59 Å². The van der Waals surface area contributed by atoms with Crippen molar-refractivity contribution in [2.75, 3.05) is 20.1 Å². The summed E-state index contributed by atoms with van der Waals surface area (Å²) in [5.41, 5.74) is -7.37. The predicted molar refractivity (Wildman–Crippen MR) is 150 cm³/mol. The smallest absolute Gasteiger partial charge is 0.348 e. The monoisotopic (exact) mass is 583 g/mol. The lowest BCUT2D eigenvalue weighted by Gasteiger charge is -2.36. The van der Waals surface area contributed by atoms with Crippen LogP contribution in [-0.2, 0) is 19.1 Å². The normalized spacial score (nSPS) is 21.0. The van der Waals surface area contributed by atoms with E-state index in [2.05, 4.69) is 11.9 Å². The van der Waals surface area contributed by atoms with E-state index in [0.29, 0.717) is 23.3 Å². The second kappa shape index (κ2) is 12.6. The van der Waals surface area contributed by atoms with E-state index in [0.717, 1.165) is 56.6 Å². The standard InChI is InChI=1S/C20H18O8.C11H19NO2/c1-11-3-7-13(8-4-11)15(21)19(27,17(23)24)20(28,18(25)26)16(22)14-9-5-12(2)6-10-14;1-3-10-9(13)8-11(14-10)4-6-12(2)7-5-11/h3-10,27-28H,1-2H3,(H,23,24)(H,25,26);10H,3-8H2,1-2H3/t19-,20-;/m1./s1. The molecule has 226 valence electrons. The van der Waals surface area contributed by atoms with E-state index in [1.54, 1.807) is 13.8 Å². The number of piperidine rings is 1. The third-order valence-corrected chi connectivity index (χ3v) is 7.94. The molecule has 0 aromatic heterocycles. The van der Waals surface area contributed by atoms with Crippen molar-refractivity contribution in [2.45, 2.75) is 69.4 Å². The molecule has 11 nitrogen and oxygen atoms in total. The molecule has 2 saturated heterocycles. The van der Waals surface area contributed by atoms with Crippen molar-refractivity contribution in [3.05, 3.63) is 70.8 Å². The molecule has 0 saturated carbocycles. The lowest BCUT2D eigenvalue weighted by Crippen LogP contribution is -2.71. The molecule has 11 heteroatoms. The molecule has 2 fully saturated rings. The highest BCUT2D eigenvalue weighted by molar-refractivity contribution is 6.28. The van der Waals surface area contributed by atoms with Gasteiger partial charge in [-0.2, -0.15) is 0 Å². The molecule has 0 aliphatic carbocycles. The number of likely N-dealkylation sites (tertiary alicyclic amines) is 1. The van der Waals surface area contributed by atoms with Gasteiger partial charge in [0.2, 0.25) is 11.6 Å². The minimum absolute atomic E-state index is 0.0930. The number of aliphatic hydroxyl groups is 2. The molecule has 0 amide bonds. The van der Waals surface area contributed by atoms with Crippen LogP contribution in [0.3, 0.4) is 0 Å². The second-order valence-electron chi connectivity index (χ2n) is 11.1. The van der Waals surface area contributed by atoms with Crippen LogP contribution in [0.25, 0.3) is 0 Å². The van der Waals surface area contributed by atoms with E-state index in [1.165, 1.54) is 24.3 Å². The first-order valence-corrected chi connectivity index (χ1v) is 13.6. The summed E-state index contributed by atoms with van der Waals surface area (Å²) in [6, 6.07) is 10.3. The summed E-state index contributed by atoms with van der Waals surface area (Å²) >= 11 is 0. The maximum atomic E-state index is 12.8. The first-order valence-electron chi connectivity index (χ1n) is 13.6. The highest BCUT2D eigenvalue weighted by Crippen LogP contribution is 2.37. The van der Waals surface area contributed by atoms with E-state index < -0.39 is 34.7 Å². The maximum absolute atomic E-state index is 12.8. The van der Waals surface area contributed by atoms with Crippen LogP contribution in [0.15, 0.2) is 48.5 Å². The minimum atomic E-state index is -3.96. The van der Waals surface area contributed by atoms with Crippen LogP contribution in [-0.4, -0.2) is 97.7 Å². The number of benzene rings is 2. The van der Waals surface area contributed by atoms with Crippen molar-refractivity contribution in [2.24, 2.45) is 0 Å². The first kappa shape index (κ1) is 32.7. The number of Topliss-reactive ketones (excluding diaryl/α,β-unsaturated/α-hetero) is 3. The molecule has 4 N–H and O–H groups in total. The van der Waals surface area contributed by atoms with Gasteiger partial charge >= 0.3 is 11.9 Å². The highest BCUT2D eigenvalue weighted by atomic mass is 16.5. The Morgan fingerprint density at radius 2 is 1.21 bits per heavy atom.